The van der Waals surface area contributed by atoms with Gasteiger partial charge in [0.15, 0.2) is 15.8 Å². The summed E-state index contributed by atoms with van der Waals surface area (Å²) in [7, 11) is -2.80. The predicted octanol–water partition coefficient (Wildman–Crippen LogP) is 2.74. The maximum absolute atomic E-state index is 11.6. The van der Waals surface area contributed by atoms with Gasteiger partial charge < -0.3 is 10.2 Å². The zero-order valence-corrected chi connectivity index (χ0v) is 20.6. The molecule has 2 heterocycles. The number of hydrogen-bond acceptors (Lipinski definition) is 4. The zero-order valence-electron chi connectivity index (χ0n) is 17.5. The smallest absolute Gasteiger partial charge is 0.193 e. The second-order valence-corrected chi connectivity index (χ2v) is 11.0. The summed E-state index contributed by atoms with van der Waals surface area (Å²) in [6, 6.07) is 0. The first kappa shape index (κ1) is 24.2. The molecule has 1 aliphatic carbocycles. The Hall–Kier alpha value is -0.0900. The monoisotopic (exact) mass is 526 g/mol. The van der Waals surface area contributed by atoms with Crippen molar-refractivity contribution in [2.24, 2.45) is 10.4 Å². The molecule has 3 rings (SSSR count). The lowest BCUT2D eigenvalue weighted by Crippen LogP contribution is -2.50. The van der Waals surface area contributed by atoms with Crippen LogP contribution in [0.15, 0.2) is 4.99 Å². The molecule has 0 aromatic rings. The van der Waals surface area contributed by atoms with Crippen LogP contribution in [0, 0.1) is 5.41 Å². The second-order valence-electron chi connectivity index (χ2n) is 8.67. The van der Waals surface area contributed by atoms with Crippen molar-refractivity contribution < 1.29 is 8.42 Å². The van der Waals surface area contributed by atoms with Crippen LogP contribution in [-0.4, -0.2) is 81.5 Å². The van der Waals surface area contributed by atoms with E-state index in [0.717, 1.165) is 38.7 Å². The lowest BCUT2D eigenvalue weighted by molar-refractivity contribution is 0.115. The van der Waals surface area contributed by atoms with E-state index in [1.807, 2.05) is 0 Å². The fourth-order valence-corrected chi connectivity index (χ4v) is 6.25. The van der Waals surface area contributed by atoms with Crippen molar-refractivity contribution in [2.75, 3.05) is 57.3 Å². The molecule has 1 saturated carbocycles. The van der Waals surface area contributed by atoms with E-state index >= 15 is 0 Å². The van der Waals surface area contributed by atoms with Gasteiger partial charge in [0.1, 0.15) is 0 Å². The molecule has 28 heavy (non-hydrogen) atoms. The number of guanidine groups is 1. The molecule has 0 unspecified atom stereocenters. The third-order valence-electron chi connectivity index (χ3n) is 6.57. The van der Waals surface area contributed by atoms with Crippen molar-refractivity contribution in [2.45, 2.75) is 58.3 Å². The molecule has 3 fully saturated rings. The van der Waals surface area contributed by atoms with Crippen LogP contribution in [-0.2, 0) is 9.84 Å². The quantitative estimate of drug-likeness (QED) is 0.347. The highest BCUT2D eigenvalue weighted by molar-refractivity contribution is 14.0. The molecule has 0 amide bonds. The summed E-state index contributed by atoms with van der Waals surface area (Å²) in [6.45, 7) is 8.19. The van der Waals surface area contributed by atoms with Gasteiger partial charge in [-0.15, -0.1) is 24.0 Å². The molecule has 164 valence electrons. The molecule has 0 bridgehead atoms. The topological polar surface area (TPSA) is 65.0 Å². The number of hydrogen-bond donors (Lipinski definition) is 1. The van der Waals surface area contributed by atoms with E-state index in [2.05, 4.69) is 22.0 Å². The molecule has 1 spiro atoms. The van der Waals surface area contributed by atoms with Crippen LogP contribution in [0.1, 0.15) is 58.3 Å². The summed E-state index contributed by atoms with van der Waals surface area (Å²) in [6.07, 6.45) is 11.0. The van der Waals surface area contributed by atoms with Gasteiger partial charge in [-0.2, -0.15) is 0 Å². The number of nitrogens with zero attached hydrogens (tertiary/aromatic N) is 3. The summed E-state index contributed by atoms with van der Waals surface area (Å²) in [5, 5.41) is 3.50. The van der Waals surface area contributed by atoms with Crippen molar-refractivity contribution >= 4 is 39.8 Å². The number of aliphatic imine (C=N–C) groups is 1. The Morgan fingerprint density at radius 2 is 1.64 bits per heavy atom. The predicted molar refractivity (Wildman–Crippen MR) is 127 cm³/mol. The van der Waals surface area contributed by atoms with Gasteiger partial charge in [-0.3, -0.25) is 9.89 Å². The lowest BCUT2D eigenvalue weighted by Gasteiger charge is -2.44. The molecular formula is C20H39IN4O2S. The number of nitrogens with one attached hydrogen (secondary N) is 1. The van der Waals surface area contributed by atoms with Crippen molar-refractivity contribution in [1.82, 2.24) is 15.1 Å². The van der Waals surface area contributed by atoms with Crippen LogP contribution in [0.4, 0.5) is 0 Å². The van der Waals surface area contributed by atoms with Crippen molar-refractivity contribution in [3.05, 3.63) is 0 Å². The maximum Gasteiger partial charge on any atom is 0.193 e. The Bertz CT molecular complexity index is 589. The van der Waals surface area contributed by atoms with Crippen LogP contribution >= 0.6 is 24.0 Å². The van der Waals surface area contributed by atoms with Crippen molar-refractivity contribution in [3.8, 4) is 0 Å². The standard InChI is InChI=1S/C20H38N4O2S.HI/c1-2-21-19(22-11-13-23-14-16-27(25,26)17-15-23)24-12-7-10-20(18-24)8-5-3-4-6-9-20;/h2-18H2,1H3,(H,21,22);1H. The lowest BCUT2D eigenvalue weighted by atomic mass is 9.74. The highest BCUT2D eigenvalue weighted by Gasteiger charge is 2.36. The average molecular weight is 527 g/mol. The zero-order chi connectivity index (χ0) is 19.2. The summed E-state index contributed by atoms with van der Waals surface area (Å²) < 4.78 is 23.1. The van der Waals surface area contributed by atoms with Crippen molar-refractivity contribution in [1.29, 1.82) is 0 Å². The molecule has 8 heteroatoms. The van der Waals surface area contributed by atoms with Crippen LogP contribution in [0.5, 0.6) is 0 Å². The van der Waals surface area contributed by atoms with Gasteiger partial charge in [0, 0.05) is 39.3 Å². The number of piperidine rings is 1. The first-order valence-electron chi connectivity index (χ1n) is 11.0. The van der Waals surface area contributed by atoms with Crippen LogP contribution in [0.25, 0.3) is 0 Å². The first-order valence-corrected chi connectivity index (χ1v) is 12.8. The van der Waals surface area contributed by atoms with Gasteiger partial charge >= 0.3 is 0 Å². The maximum atomic E-state index is 11.6. The molecule has 6 nitrogen and oxygen atoms in total. The van der Waals surface area contributed by atoms with E-state index in [1.54, 1.807) is 0 Å². The molecule has 3 aliphatic rings. The van der Waals surface area contributed by atoms with Crippen molar-refractivity contribution in [3.63, 3.8) is 0 Å². The van der Waals surface area contributed by atoms with Gasteiger partial charge in [0.25, 0.3) is 0 Å². The van der Waals surface area contributed by atoms with Gasteiger partial charge in [-0.05, 0) is 38.0 Å². The third-order valence-corrected chi connectivity index (χ3v) is 8.18. The van der Waals surface area contributed by atoms with E-state index in [1.165, 1.54) is 51.4 Å². The van der Waals surface area contributed by atoms with Crippen LogP contribution in [0.2, 0.25) is 0 Å². The number of sulfone groups is 1. The average Bonchev–Trinajstić information content (AvgIpc) is 2.88. The Kier molecular flexibility index (Phi) is 9.80. The summed E-state index contributed by atoms with van der Waals surface area (Å²) in [5.74, 6) is 1.65. The first-order chi connectivity index (χ1) is 13.0. The Balaban J connectivity index is 0.00000280. The number of likely N-dealkylation sites (tertiary alicyclic amines) is 1. The summed E-state index contributed by atoms with van der Waals surface area (Å²) in [4.78, 5) is 9.64. The Morgan fingerprint density at radius 3 is 2.29 bits per heavy atom. The van der Waals surface area contributed by atoms with E-state index in [4.69, 9.17) is 4.99 Å². The molecule has 2 aliphatic heterocycles. The third kappa shape index (κ3) is 7.00. The molecule has 0 aromatic heterocycles. The Morgan fingerprint density at radius 1 is 1.00 bits per heavy atom. The fourth-order valence-electron chi connectivity index (χ4n) is 4.97. The molecule has 0 atom stereocenters. The van der Waals surface area contributed by atoms with Crippen LogP contribution < -0.4 is 5.32 Å². The van der Waals surface area contributed by atoms with E-state index in [0.29, 0.717) is 30.0 Å². The second kappa shape index (κ2) is 11.3. The molecular weight excluding hydrogens is 487 g/mol. The molecule has 0 aromatic carbocycles. The highest BCUT2D eigenvalue weighted by Crippen LogP contribution is 2.42. The normalized spacial score (nSPS) is 25.8. The minimum absolute atomic E-state index is 0. The molecule has 0 radical (unpaired) electrons. The summed E-state index contributed by atoms with van der Waals surface area (Å²) >= 11 is 0. The highest BCUT2D eigenvalue weighted by atomic mass is 127. The SMILES string of the molecule is CCNC(=NCCN1CCS(=O)(=O)CC1)N1CCCC2(CCCCCC2)C1.I. The Labute approximate surface area is 188 Å². The molecule has 2 saturated heterocycles. The van der Waals surface area contributed by atoms with E-state index in [-0.39, 0.29) is 24.0 Å². The van der Waals surface area contributed by atoms with Crippen LogP contribution in [0.3, 0.4) is 0 Å². The van der Waals surface area contributed by atoms with Gasteiger partial charge in [0.2, 0.25) is 0 Å². The van der Waals surface area contributed by atoms with Gasteiger partial charge in [0.05, 0.1) is 18.1 Å². The fraction of sp³-hybridized carbons (Fsp3) is 0.950. The minimum atomic E-state index is -2.80. The van der Waals surface area contributed by atoms with E-state index < -0.39 is 9.84 Å². The largest absolute Gasteiger partial charge is 0.357 e. The van der Waals surface area contributed by atoms with E-state index in [9.17, 15) is 8.42 Å². The minimum Gasteiger partial charge on any atom is -0.357 e. The van der Waals surface area contributed by atoms with Gasteiger partial charge in [-0.1, -0.05) is 25.7 Å². The molecule has 1 N–H and O–H groups in total. The van der Waals surface area contributed by atoms with Gasteiger partial charge in [-0.25, -0.2) is 8.42 Å². The number of rotatable bonds is 4. The summed E-state index contributed by atoms with van der Waals surface area (Å²) in [5.41, 5.74) is 0.506. The number of halogens is 1.